The van der Waals surface area contributed by atoms with Gasteiger partial charge in [0.05, 0.1) is 12.1 Å². The molecule has 0 aliphatic rings. The van der Waals surface area contributed by atoms with Crippen molar-refractivity contribution in [1.29, 1.82) is 0 Å². The van der Waals surface area contributed by atoms with E-state index in [4.69, 9.17) is 4.52 Å². The molecule has 0 atom stereocenters. The third kappa shape index (κ3) is 2.97. The Morgan fingerprint density at radius 3 is 2.95 bits per heavy atom. The highest BCUT2D eigenvalue weighted by Gasteiger charge is 2.13. The fraction of sp³-hybridized carbons (Fsp3) is 0.125. The molecule has 0 bridgehead atoms. The first-order chi connectivity index (χ1) is 10.1. The molecule has 1 heterocycles. The second-order valence-corrected chi connectivity index (χ2v) is 5.69. The zero-order chi connectivity index (χ0) is 14.8. The van der Waals surface area contributed by atoms with Crippen LogP contribution in [0.3, 0.4) is 0 Å². The highest BCUT2D eigenvalue weighted by atomic mass is 79.9. The SMILES string of the molecule is Cc1ccc(Br)c(NC(=O)Cc2noc3ccccc23)c1. The number of carbonyl (C=O) groups excluding carboxylic acids is 1. The number of anilines is 1. The molecule has 0 radical (unpaired) electrons. The smallest absolute Gasteiger partial charge is 0.230 e. The van der Waals surface area contributed by atoms with Gasteiger partial charge in [-0.2, -0.15) is 0 Å². The molecule has 0 saturated carbocycles. The average Bonchev–Trinajstić information content (AvgIpc) is 2.86. The van der Waals surface area contributed by atoms with Crippen molar-refractivity contribution in [2.45, 2.75) is 13.3 Å². The minimum atomic E-state index is -0.125. The molecule has 4 nitrogen and oxygen atoms in total. The van der Waals surface area contributed by atoms with Crippen LogP contribution in [0.25, 0.3) is 11.0 Å². The molecule has 1 amide bonds. The summed E-state index contributed by atoms with van der Waals surface area (Å²) in [5, 5.41) is 7.73. The summed E-state index contributed by atoms with van der Waals surface area (Å²) in [5.41, 5.74) is 3.18. The van der Waals surface area contributed by atoms with Gasteiger partial charge in [0.25, 0.3) is 0 Å². The Hall–Kier alpha value is -2.14. The minimum Gasteiger partial charge on any atom is -0.356 e. The van der Waals surface area contributed by atoms with Gasteiger partial charge in [-0.15, -0.1) is 0 Å². The predicted octanol–water partition coefficient (Wildman–Crippen LogP) is 4.08. The lowest BCUT2D eigenvalue weighted by molar-refractivity contribution is -0.115. The number of carbonyl (C=O) groups is 1. The van der Waals surface area contributed by atoms with E-state index in [0.717, 1.165) is 21.1 Å². The summed E-state index contributed by atoms with van der Waals surface area (Å²) in [6.45, 7) is 1.98. The molecule has 0 spiro atoms. The molecule has 1 N–H and O–H groups in total. The van der Waals surface area contributed by atoms with E-state index in [1.165, 1.54) is 0 Å². The first-order valence-corrected chi connectivity index (χ1v) is 7.32. The van der Waals surface area contributed by atoms with E-state index in [2.05, 4.69) is 26.4 Å². The van der Waals surface area contributed by atoms with Crippen molar-refractivity contribution in [2.75, 3.05) is 5.32 Å². The van der Waals surface area contributed by atoms with Crippen LogP contribution in [0.1, 0.15) is 11.3 Å². The molecule has 5 heteroatoms. The van der Waals surface area contributed by atoms with Gasteiger partial charge in [0.15, 0.2) is 5.58 Å². The molecule has 0 unspecified atom stereocenters. The zero-order valence-corrected chi connectivity index (χ0v) is 13.0. The number of aromatic nitrogens is 1. The molecule has 0 aliphatic carbocycles. The van der Waals surface area contributed by atoms with Gasteiger partial charge in [-0.3, -0.25) is 4.79 Å². The van der Waals surface area contributed by atoms with Crippen LogP contribution in [0.15, 0.2) is 51.5 Å². The topological polar surface area (TPSA) is 55.1 Å². The van der Waals surface area contributed by atoms with E-state index in [1.54, 1.807) is 0 Å². The molecule has 0 aliphatic heterocycles. The number of amides is 1. The van der Waals surface area contributed by atoms with Gasteiger partial charge < -0.3 is 9.84 Å². The number of rotatable bonds is 3. The molecule has 21 heavy (non-hydrogen) atoms. The molecular formula is C16H13BrN2O2. The molecule has 0 fully saturated rings. The lowest BCUT2D eigenvalue weighted by Crippen LogP contribution is -2.15. The summed E-state index contributed by atoms with van der Waals surface area (Å²) in [6, 6.07) is 13.3. The van der Waals surface area contributed by atoms with Crippen molar-refractivity contribution in [1.82, 2.24) is 5.16 Å². The number of aryl methyl sites for hydroxylation is 1. The van der Waals surface area contributed by atoms with E-state index in [-0.39, 0.29) is 12.3 Å². The summed E-state index contributed by atoms with van der Waals surface area (Å²) in [7, 11) is 0. The fourth-order valence-electron chi connectivity index (χ4n) is 2.15. The van der Waals surface area contributed by atoms with E-state index in [9.17, 15) is 4.79 Å². The highest BCUT2D eigenvalue weighted by molar-refractivity contribution is 9.10. The Labute approximate surface area is 130 Å². The van der Waals surface area contributed by atoms with Crippen molar-refractivity contribution < 1.29 is 9.32 Å². The van der Waals surface area contributed by atoms with Crippen LogP contribution in [-0.2, 0) is 11.2 Å². The van der Waals surface area contributed by atoms with Crippen molar-refractivity contribution in [3.63, 3.8) is 0 Å². The Balaban J connectivity index is 1.79. The van der Waals surface area contributed by atoms with Gasteiger partial charge in [0, 0.05) is 9.86 Å². The zero-order valence-electron chi connectivity index (χ0n) is 11.4. The van der Waals surface area contributed by atoms with Gasteiger partial charge in [-0.25, -0.2) is 0 Å². The number of halogens is 1. The van der Waals surface area contributed by atoms with Crippen LogP contribution in [0.5, 0.6) is 0 Å². The maximum atomic E-state index is 12.2. The number of para-hydroxylation sites is 1. The van der Waals surface area contributed by atoms with Gasteiger partial charge in [-0.1, -0.05) is 23.4 Å². The second kappa shape index (κ2) is 5.69. The largest absolute Gasteiger partial charge is 0.356 e. The predicted molar refractivity (Wildman–Crippen MR) is 85.2 cm³/mol. The third-order valence-electron chi connectivity index (χ3n) is 3.18. The number of benzene rings is 2. The summed E-state index contributed by atoms with van der Waals surface area (Å²) in [6.07, 6.45) is 0.178. The summed E-state index contributed by atoms with van der Waals surface area (Å²) < 4.78 is 6.06. The van der Waals surface area contributed by atoms with Crippen molar-refractivity contribution >= 4 is 38.5 Å². The molecule has 2 aromatic carbocycles. The van der Waals surface area contributed by atoms with E-state index in [1.807, 2.05) is 49.4 Å². The van der Waals surface area contributed by atoms with Crippen LogP contribution >= 0.6 is 15.9 Å². The number of hydrogen-bond acceptors (Lipinski definition) is 3. The van der Waals surface area contributed by atoms with Crippen LogP contribution < -0.4 is 5.32 Å². The quantitative estimate of drug-likeness (QED) is 0.778. The number of nitrogens with zero attached hydrogens (tertiary/aromatic N) is 1. The van der Waals surface area contributed by atoms with Crippen LogP contribution in [0, 0.1) is 6.92 Å². The second-order valence-electron chi connectivity index (χ2n) is 4.83. The standard InChI is InChI=1S/C16H13BrN2O2/c1-10-6-7-12(17)14(8-10)18-16(20)9-13-11-4-2-3-5-15(11)21-19-13/h2-8H,9H2,1H3,(H,18,20). The van der Waals surface area contributed by atoms with Gasteiger partial charge in [0.1, 0.15) is 5.69 Å². The van der Waals surface area contributed by atoms with Crippen molar-refractivity contribution in [3.05, 3.63) is 58.2 Å². The monoisotopic (exact) mass is 344 g/mol. The maximum absolute atomic E-state index is 12.2. The van der Waals surface area contributed by atoms with Crippen LogP contribution in [-0.4, -0.2) is 11.1 Å². The average molecular weight is 345 g/mol. The summed E-state index contributed by atoms with van der Waals surface area (Å²) in [4.78, 5) is 12.2. The Morgan fingerprint density at radius 1 is 1.29 bits per heavy atom. The molecular weight excluding hydrogens is 332 g/mol. The first-order valence-electron chi connectivity index (χ1n) is 6.53. The molecule has 3 rings (SSSR count). The lowest BCUT2D eigenvalue weighted by atomic mass is 10.1. The first kappa shape index (κ1) is 13.8. The van der Waals surface area contributed by atoms with Crippen LogP contribution in [0.4, 0.5) is 5.69 Å². The van der Waals surface area contributed by atoms with E-state index >= 15 is 0 Å². The third-order valence-corrected chi connectivity index (χ3v) is 3.87. The van der Waals surface area contributed by atoms with Crippen molar-refractivity contribution in [2.24, 2.45) is 0 Å². The molecule has 106 valence electrons. The lowest BCUT2D eigenvalue weighted by Gasteiger charge is -2.07. The van der Waals surface area contributed by atoms with Crippen LogP contribution in [0.2, 0.25) is 0 Å². The Morgan fingerprint density at radius 2 is 2.10 bits per heavy atom. The molecule has 1 aromatic heterocycles. The summed E-state index contributed by atoms with van der Waals surface area (Å²) >= 11 is 3.43. The highest BCUT2D eigenvalue weighted by Crippen LogP contribution is 2.24. The summed E-state index contributed by atoms with van der Waals surface area (Å²) in [5.74, 6) is -0.125. The van der Waals surface area contributed by atoms with E-state index in [0.29, 0.717) is 11.3 Å². The Bertz CT molecular complexity index is 811. The molecule has 0 saturated heterocycles. The molecule has 3 aromatic rings. The fourth-order valence-corrected chi connectivity index (χ4v) is 2.49. The van der Waals surface area contributed by atoms with Crippen molar-refractivity contribution in [3.8, 4) is 0 Å². The number of nitrogens with one attached hydrogen (secondary N) is 1. The normalized spacial score (nSPS) is 10.8. The number of hydrogen-bond donors (Lipinski definition) is 1. The number of fused-ring (bicyclic) bond motifs is 1. The van der Waals surface area contributed by atoms with Gasteiger partial charge in [0.2, 0.25) is 5.91 Å². The van der Waals surface area contributed by atoms with E-state index < -0.39 is 0 Å². The van der Waals surface area contributed by atoms with Gasteiger partial charge >= 0.3 is 0 Å². The Kier molecular flexibility index (Phi) is 3.75. The van der Waals surface area contributed by atoms with Gasteiger partial charge in [-0.05, 0) is 52.7 Å². The maximum Gasteiger partial charge on any atom is 0.230 e. The minimum absolute atomic E-state index is 0.125.